The van der Waals surface area contributed by atoms with E-state index in [0.29, 0.717) is 5.82 Å². The second-order valence-electron chi connectivity index (χ2n) is 9.78. The highest BCUT2D eigenvalue weighted by atomic mass is 32.2. The Kier molecular flexibility index (Phi) is 4.41. The number of rotatable bonds is 5. The topological polar surface area (TPSA) is 78.7 Å². The van der Waals surface area contributed by atoms with Crippen molar-refractivity contribution in [3.63, 3.8) is 0 Å². The smallest absolute Gasteiger partial charge is 0.302 e. The standard InChI is InChI=1S/C23H30N4O3S/c1-26(16-6-3-2-4-7-16)31(28,29)25-22-19-15-23(10-11-23)20-9-8-17(27-12-5-13-27)14-18(20)21(19)30-24-22/h8-9,14,16H,2-7,10-13,15H2,1H3,(H,24,25). The predicted octanol–water partition coefficient (Wildman–Crippen LogP) is 4.06. The Bertz CT molecular complexity index is 1110. The van der Waals surface area contributed by atoms with Crippen LogP contribution in [0, 0.1) is 0 Å². The van der Waals surface area contributed by atoms with E-state index in [0.717, 1.165) is 74.9 Å². The molecule has 2 saturated carbocycles. The molecule has 2 aromatic rings. The maximum atomic E-state index is 13.1. The van der Waals surface area contributed by atoms with Crippen molar-refractivity contribution in [1.29, 1.82) is 0 Å². The van der Waals surface area contributed by atoms with Crippen LogP contribution in [0.25, 0.3) is 11.3 Å². The Morgan fingerprint density at radius 1 is 1.16 bits per heavy atom. The highest BCUT2D eigenvalue weighted by Crippen LogP contribution is 2.58. The molecule has 6 rings (SSSR count). The van der Waals surface area contributed by atoms with E-state index in [-0.39, 0.29) is 11.5 Å². The lowest BCUT2D eigenvalue weighted by Crippen LogP contribution is -2.41. The molecule has 4 aliphatic rings. The van der Waals surface area contributed by atoms with Gasteiger partial charge in [0.15, 0.2) is 11.6 Å². The number of fused-ring (bicyclic) bond motifs is 4. The van der Waals surface area contributed by atoms with E-state index in [4.69, 9.17) is 4.52 Å². The Balaban J connectivity index is 1.33. The highest BCUT2D eigenvalue weighted by Gasteiger charge is 2.50. The maximum absolute atomic E-state index is 13.1. The van der Waals surface area contributed by atoms with Gasteiger partial charge in [0.25, 0.3) is 0 Å². The molecule has 3 fully saturated rings. The molecule has 31 heavy (non-hydrogen) atoms. The van der Waals surface area contributed by atoms with Crippen LogP contribution in [0.15, 0.2) is 22.7 Å². The maximum Gasteiger partial charge on any atom is 0.302 e. The number of nitrogens with one attached hydrogen (secondary N) is 1. The third-order valence-electron chi connectivity index (χ3n) is 7.89. The zero-order valence-corrected chi connectivity index (χ0v) is 18.9. The molecule has 3 aliphatic carbocycles. The Hall–Kier alpha value is -2.06. The molecule has 2 heterocycles. The van der Waals surface area contributed by atoms with Gasteiger partial charge in [0.2, 0.25) is 0 Å². The molecule has 8 heteroatoms. The summed E-state index contributed by atoms with van der Waals surface area (Å²) in [6.07, 6.45) is 9.47. The summed E-state index contributed by atoms with van der Waals surface area (Å²) in [4.78, 5) is 2.37. The van der Waals surface area contributed by atoms with Crippen molar-refractivity contribution < 1.29 is 12.9 Å². The first-order chi connectivity index (χ1) is 15.0. The first-order valence-corrected chi connectivity index (χ1v) is 13.1. The molecule has 0 bridgehead atoms. The lowest BCUT2D eigenvalue weighted by molar-refractivity contribution is 0.287. The van der Waals surface area contributed by atoms with Gasteiger partial charge in [-0.2, -0.15) is 12.7 Å². The van der Waals surface area contributed by atoms with Gasteiger partial charge in [-0.1, -0.05) is 30.5 Å². The van der Waals surface area contributed by atoms with Crippen molar-refractivity contribution in [2.45, 2.75) is 69.2 Å². The van der Waals surface area contributed by atoms with E-state index in [1.54, 1.807) is 7.05 Å². The molecule has 1 saturated heterocycles. The summed E-state index contributed by atoms with van der Waals surface area (Å²) < 4.78 is 36.3. The van der Waals surface area contributed by atoms with Crippen LogP contribution in [0.1, 0.15) is 62.5 Å². The summed E-state index contributed by atoms with van der Waals surface area (Å²) in [7, 11) is -1.99. The van der Waals surface area contributed by atoms with Crippen LogP contribution in [-0.4, -0.2) is 44.1 Å². The first kappa shape index (κ1) is 19.6. The van der Waals surface area contributed by atoms with Crippen molar-refractivity contribution in [1.82, 2.24) is 9.46 Å². The fourth-order valence-corrected chi connectivity index (χ4v) is 6.74. The zero-order chi connectivity index (χ0) is 21.2. The number of benzene rings is 1. The molecule has 0 radical (unpaired) electrons. The van der Waals surface area contributed by atoms with Gasteiger partial charge in [0, 0.05) is 48.4 Å². The SMILES string of the molecule is CN(C1CCCCC1)S(=O)(=O)Nc1noc2c1CC1(CC1)c1ccc(N3CCC3)cc1-2. The molecule has 0 unspecified atom stereocenters. The lowest BCUT2D eigenvalue weighted by atomic mass is 9.79. The number of hydrogen-bond acceptors (Lipinski definition) is 5. The van der Waals surface area contributed by atoms with Crippen molar-refractivity contribution in [2.75, 3.05) is 29.8 Å². The van der Waals surface area contributed by atoms with E-state index in [9.17, 15) is 8.42 Å². The summed E-state index contributed by atoms with van der Waals surface area (Å²) in [5.41, 5.74) is 4.64. The van der Waals surface area contributed by atoms with E-state index in [2.05, 4.69) is 33.0 Å². The summed E-state index contributed by atoms with van der Waals surface area (Å²) in [6, 6.07) is 6.75. The average molecular weight is 443 g/mol. The minimum Gasteiger partial charge on any atom is -0.371 e. The molecule has 1 aromatic carbocycles. The van der Waals surface area contributed by atoms with Gasteiger partial charge in [-0.15, -0.1) is 0 Å². The van der Waals surface area contributed by atoms with E-state index >= 15 is 0 Å². The minimum atomic E-state index is -3.67. The van der Waals surface area contributed by atoms with Gasteiger partial charge < -0.3 is 9.42 Å². The van der Waals surface area contributed by atoms with Crippen LogP contribution < -0.4 is 9.62 Å². The lowest BCUT2D eigenvalue weighted by Gasteiger charge is -2.34. The zero-order valence-electron chi connectivity index (χ0n) is 18.1. The van der Waals surface area contributed by atoms with Crippen molar-refractivity contribution in [3.8, 4) is 11.3 Å². The Labute approximate surface area is 184 Å². The van der Waals surface area contributed by atoms with Crippen molar-refractivity contribution >= 4 is 21.7 Å². The summed E-state index contributed by atoms with van der Waals surface area (Å²) in [5.74, 6) is 1.09. The van der Waals surface area contributed by atoms with Crippen LogP contribution in [0.2, 0.25) is 0 Å². The number of hydrogen-bond donors (Lipinski definition) is 1. The summed E-state index contributed by atoms with van der Waals surface area (Å²) in [5, 5.41) is 4.21. The highest BCUT2D eigenvalue weighted by molar-refractivity contribution is 7.90. The molecule has 0 atom stereocenters. The van der Waals surface area contributed by atoms with Gasteiger partial charge in [-0.05, 0) is 56.2 Å². The molecule has 1 spiro atoms. The average Bonchev–Trinajstić information content (AvgIpc) is 3.40. The van der Waals surface area contributed by atoms with Crippen LogP contribution in [0.4, 0.5) is 11.5 Å². The largest absolute Gasteiger partial charge is 0.371 e. The second kappa shape index (κ2) is 6.97. The van der Waals surface area contributed by atoms with Crippen molar-refractivity contribution in [3.05, 3.63) is 29.3 Å². The second-order valence-corrected chi connectivity index (χ2v) is 11.5. The van der Waals surface area contributed by atoms with E-state index < -0.39 is 10.2 Å². The molecular formula is C23H30N4O3S. The quantitative estimate of drug-likeness (QED) is 0.755. The van der Waals surface area contributed by atoms with E-state index in [1.165, 1.54) is 28.4 Å². The Morgan fingerprint density at radius 3 is 2.61 bits per heavy atom. The van der Waals surface area contributed by atoms with E-state index in [1.807, 2.05) is 0 Å². The molecule has 0 amide bonds. The fraction of sp³-hybridized carbons (Fsp3) is 0.609. The molecule has 1 aliphatic heterocycles. The van der Waals surface area contributed by atoms with Crippen LogP contribution in [-0.2, 0) is 22.0 Å². The first-order valence-electron chi connectivity index (χ1n) is 11.6. The molecule has 1 aromatic heterocycles. The van der Waals surface area contributed by atoms with Gasteiger partial charge >= 0.3 is 10.2 Å². The van der Waals surface area contributed by atoms with Gasteiger partial charge in [0.05, 0.1) is 0 Å². The molecule has 166 valence electrons. The summed E-state index contributed by atoms with van der Waals surface area (Å²) in [6.45, 7) is 2.18. The number of anilines is 2. The van der Waals surface area contributed by atoms with Crippen molar-refractivity contribution in [2.24, 2.45) is 0 Å². The third kappa shape index (κ3) is 3.18. The third-order valence-corrected chi connectivity index (χ3v) is 9.40. The predicted molar refractivity (Wildman–Crippen MR) is 121 cm³/mol. The summed E-state index contributed by atoms with van der Waals surface area (Å²) >= 11 is 0. The number of aromatic nitrogens is 1. The van der Waals surface area contributed by atoms with Gasteiger partial charge in [-0.3, -0.25) is 4.72 Å². The van der Waals surface area contributed by atoms with Crippen LogP contribution in [0.5, 0.6) is 0 Å². The monoisotopic (exact) mass is 442 g/mol. The normalized spacial score (nSPS) is 22.2. The number of nitrogens with zero attached hydrogens (tertiary/aromatic N) is 3. The minimum absolute atomic E-state index is 0.0589. The molecule has 1 N–H and O–H groups in total. The Morgan fingerprint density at radius 2 is 1.94 bits per heavy atom. The molecule has 7 nitrogen and oxygen atoms in total. The van der Waals surface area contributed by atoms with Gasteiger partial charge in [0.1, 0.15) is 0 Å². The molecular weight excluding hydrogens is 412 g/mol. The van der Waals surface area contributed by atoms with Crippen LogP contribution >= 0.6 is 0 Å². The fourth-order valence-electron chi connectivity index (χ4n) is 5.58. The van der Waals surface area contributed by atoms with Crippen LogP contribution in [0.3, 0.4) is 0 Å². The van der Waals surface area contributed by atoms with Gasteiger partial charge in [-0.25, -0.2) is 0 Å².